The van der Waals surface area contributed by atoms with Gasteiger partial charge in [-0.2, -0.15) is 10.2 Å². The van der Waals surface area contributed by atoms with Crippen molar-refractivity contribution in [3.8, 4) is 16.9 Å². The number of para-hydroxylation sites is 1. The fraction of sp³-hybridized carbons (Fsp3) is 0.179. The van der Waals surface area contributed by atoms with Gasteiger partial charge >= 0.3 is 0 Å². The van der Waals surface area contributed by atoms with Crippen LogP contribution in [0, 0.1) is 6.92 Å². The van der Waals surface area contributed by atoms with Gasteiger partial charge in [0.15, 0.2) is 5.65 Å². The number of rotatable bonds is 5. The van der Waals surface area contributed by atoms with Gasteiger partial charge in [0.05, 0.1) is 29.2 Å². The van der Waals surface area contributed by atoms with E-state index in [-0.39, 0.29) is 11.5 Å². The topological polar surface area (TPSA) is 120 Å². The maximum absolute atomic E-state index is 14.1. The van der Waals surface area contributed by atoms with Gasteiger partial charge < -0.3 is 5.73 Å². The standard InChI is InChI=1S/C28H26N8O/c1-16(2)21-9-4-5-10-22(21)36-20(11-18-8-6-7-17(3)23(18)28(36)37)14-35-27-24(26(29)30-15-31-27)25(34-35)19-12-32-33-13-19/h4-13,15-16H,14H2,1-3H3,(H,32,33)(H2,29,30,31). The van der Waals surface area contributed by atoms with Crippen LogP contribution >= 0.6 is 0 Å². The summed E-state index contributed by atoms with van der Waals surface area (Å²) in [6.45, 7) is 6.54. The van der Waals surface area contributed by atoms with E-state index in [2.05, 4.69) is 46.1 Å². The molecule has 37 heavy (non-hydrogen) atoms. The predicted molar refractivity (Wildman–Crippen MR) is 145 cm³/mol. The van der Waals surface area contributed by atoms with Crippen molar-refractivity contribution in [2.45, 2.75) is 33.2 Å². The first kappa shape index (κ1) is 22.7. The molecule has 0 radical (unpaired) electrons. The number of nitrogen functional groups attached to an aromatic ring is 1. The normalized spacial score (nSPS) is 11.7. The van der Waals surface area contributed by atoms with Crippen molar-refractivity contribution in [2.75, 3.05) is 5.73 Å². The lowest BCUT2D eigenvalue weighted by atomic mass is 10.00. The molecule has 9 nitrogen and oxygen atoms in total. The van der Waals surface area contributed by atoms with E-state index in [0.717, 1.165) is 33.5 Å². The molecule has 184 valence electrons. The van der Waals surface area contributed by atoms with E-state index in [1.54, 1.807) is 17.1 Å². The van der Waals surface area contributed by atoms with Crippen molar-refractivity contribution in [1.29, 1.82) is 0 Å². The molecule has 0 spiro atoms. The molecule has 4 aromatic heterocycles. The Kier molecular flexibility index (Phi) is 5.33. The lowest BCUT2D eigenvalue weighted by Crippen LogP contribution is -2.25. The highest BCUT2D eigenvalue weighted by Crippen LogP contribution is 2.31. The minimum absolute atomic E-state index is 0.0561. The van der Waals surface area contributed by atoms with Crippen molar-refractivity contribution in [3.63, 3.8) is 0 Å². The summed E-state index contributed by atoms with van der Waals surface area (Å²) >= 11 is 0. The summed E-state index contributed by atoms with van der Waals surface area (Å²) in [5, 5.41) is 14.0. The van der Waals surface area contributed by atoms with E-state index in [0.29, 0.717) is 34.5 Å². The Hall–Kier alpha value is -4.79. The van der Waals surface area contributed by atoms with Crippen LogP contribution in [-0.4, -0.2) is 34.5 Å². The molecular formula is C28H26N8O. The number of pyridine rings is 1. The molecule has 2 aromatic carbocycles. The summed E-state index contributed by atoms with van der Waals surface area (Å²) in [4.78, 5) is 22.8. The molecule has 0 bridgehead atoms. The average Bonchev–Trinajstić information content (AvgIpc) is 3.53. The predicted octanol–water partition coefficient (Wildman–Crippen LogP) is 4.58. The maximum atomic E-state index is 14.1. The molecule has 0 fully saturated rings. The summed E-state index contributed by atoms with van der Waals surface area (Å²) in [7, 11) is 0. The Morgan fingerprint density at radius 1 is 1.05 bits per heavy atom. The van der Waals surface area contributed by atoms with E-state index in [9.17, 15) is 4.79 Å². The van der Waals surface area contributed by atoms with Crippen molar-refractivity contribution in [3.05, 3.63) is 94.4 Å². The molecule has 9 heteroatoms. The van der Waals surface area contributed by atoms with Gasteiger partial charge in [0.25, 0.3) is 5.56 Å². The van der Waals surface area contributed by atoms with E-state index < -0.39 is 0 Å². The first-order valence-corrected chi connectivity index (χ1v) is 12.1. The second-order valence-corrected chi connectivity index (χ2v) is 9.48. The number of aromatic nitrogens is 7. The van der Waals surface area contributed by atoms with Gasteiger partial charge in [0, 0.05) is 17.5 Å². The molecule has 0 aliphatic rings. The van der Waals surface area contributed by atoms with Gasteiger partial charge in [-0.1, -0.05) is 50.2 Å². The van der Waals surface area contributed by atoms with Crippen LogP contribution in [0.15, 0.2) is 72.0 Å². The zero-order valence-corrected chi connectivity index (χ0v) is 20.8. The second-order valence-electron chi connectivity index (χ2n) is 9.48. The highest BCUT2D eigenvalue weighted by molar-refractivity contribution is 5.98. The molecule has 3 N–H and O–H groups in total. The molecule has 4 heterocycles. The number of aromatic amines is 1. The summed E-state index contributed by atoms with van der Waals surface area (Å²) in [5.74, 6) is 0.568. The molecular weight excluding hydrogens is 464 g/mol. The molecule has 0 saturated carbocycles. The summed E-state index contributed by atoms with van der Waals surface area (Å²) in [6.07, 6.45) is 4.87. The van der Waals surface area contributed by atoms with Gasteiger partial charge in [-0.15, -0.1) is 0 Å². The fourth-order valence-corrected chi connectivity index (χ4v) is 5.03. The van der Waals surface area contributed by atoms with E-state index in [1.807, 2.05) is 47.9 Å². The number of nitrogens with zero attached hydrogens (tertiary/aromatic N) is 6. The highest BCUT2D eigenvalue weighted by atomic mass is 16.1. The van der Waals surface area contributed by atoms with Crippen LogP contribution in [0.4, 0.5) is 5.82 Å². The van der Waals surface area contributed by atoms with Crippen molar-refractivity contribution >= 4 is 27.6 Å². The first-order chi connectivity index (χ1) is 17.9. The van der Waals surface area contributed by atoms with Crippen LogP contribution in [0.2, 0.25) is 0 Å². The zero-order chi connectivity index (χ0) is 25.7. The van der Waals surface area contributed by atoms with E-state index in [1.165, 1.54) is 6.33 Å². The molecule has 0 aliphatic carbocycles. The van der Waals surface area contributed by atoms with Gasteiger partial charge in [-0.05, 0) is 41.5 Å². The van der Waals surface area contributed by atoms with E-state index in [4.69, 9.17) is 10.8 Å². The minimum atomic E-state index is -0.0561. The van der Waals surface area contributed by atoms with Crippen LogP contribution in [0.3, 0.4) is 0 Å². The minimum Gasteiger partial charge on any atom is -0.383 e. The molecule has 0 atom stereocenters. The third-order valence-electron chi connectivity index (χ3n) is 6.77. The quantitative estimate of drug-likeness (QED) is 0.365. The largest absolute Gasteiger partial charge is 0.383 e. The number of hydrogen-bond donors (Lipinski definition) is 2. The third kappa shape index (κ3) is 3.67. The van der Waals surface area contributed by atoms with Gasteiger partial charge in [-0.3, -0.25) is 14.5 Å². The average molecular weight is 491 g/mol. The van der Waals surface area contributed by atoms with Crippen molar-refractivity contribution in [2.24, 2.45) is 0 Å². The summed E-state index contributed by atoms with van der Waals surface area (Å²) in [6, 6.07) is 16.0. The molecule has 0 amide bonds. The molecule has 6 aromatic rings. The number of nitrogens with two attached hydrogens (primary N) is 1. The van der Waals surface area contributed by atoms with E-state index >= 15 is 0 Å². The number of benzene rings is 2. The van der Waals surface area contributed by atoms with Crippen LogP contribution in [0.1, 0.15) is 36.6 Å². The second kappa shape index (κ2) is 8.70. The molecule has 0 aliphatic heterocycles. The number of fused-ring (bicyclic) bond motifs is 2. The lowest BCUT2D eigenvalue weighted by Gasteiger charge is -2.20. The van der Waals surface area contributed by atoms with Crippen LogP contribution in [0.5, 0.6) is 0 Å². The Morgan fingerprint density at radius 2 is 1.89 bits per heavy atom. The lowest BCUT2D eigenvalue weighted by molar-refractivity contribution is 0.669. The smallest absolute Gasteiger partial charge is 0.263 e. The third-order valence-corrected chi connectivity index (χ3v) is 6.77. The van der Waals surface area contributed by atoms with Crippen LogP contribution in [-0.2, 0) is 6.54 Å². The molecule has 0 unspecified atom stereocenters. The summed E-state index contributed by atoms with van der Waals surface area (Å²) in [5.41, 5.74) is 11.9. The Balaban J connectivity index is 1.64. The number of hydrogen-bond acceptors (Lipinski definition) is 6. The molecule has 0 saturated heterocycles. The van der Waals surface area contributed by atoms with Gasteiger partial charge in [0.2, 0.25) is 0 Å². The van der Waals surface area contributed by atoms with Crippen molar-refractivity contribution < 1.29 is 0 Å². The number of nitrogens with one attached hydrogen (secondary N) is 1. The van der Waals surface area contributed by atoms with Crippen molar-refractivity contribution in [1.82, 2.24) is 34.5 Å². The monoisotopic (exact) mass is 490 g/mol. The van der Waals surface area contributed by atoms with Crippen LogP contribution < -0.4 is 11.3 Å². The zero-order valence-electron chi connectivity index (χ0n) is 20.8. The molecule has 6 rings (SSSR count). The fourth-order valence-electron chi connectivity index (χ4n) is 5.03. The number of aryl methyl sites for hydroxylation is 1. The Morgan fingerprint density at radius 3 is 2.68 bits per heavy atom. The van der Waals surface area contributed by atoms with Gasteiger partial charge in [0.1, 0.15) is 17.8 Å². The Bertz CT molecular complexity index is 1830. The highest BCUT2D eigenvalue weighted by Gasteiger charge is 2.21. The Labute approximate surface area is 212 Å². The maximum Gasteiger partial charge on any atom is 0.263 e. The van der Waals surface area contributed by atoms with Crippen LogP contribution in [0.25, 0.3) is 38.8 Å². The first-order valence-electron chi connectivity index (χ1n) is 12.1. The number of anilines is 1. The SMILES string of the molecule is Cc1cccc2cc(Cn3nc(-c4cn[nH]c4)c4c(N)ncnc43)n(-c3ccccc3C(C)C)c(=O)c12. The number of H-pyrrole nitrogens is 1. The van der Waals surface area contributed by atoms with Gasteiger partial charge in [-0.25, -0.2) is 14.6 Å². The summed E-state index contributed by atoms with van der Waals surface area (Å²) < 4.78 is 3.60.